The molecule has 0 bridgehead atoms. The quantitative estimate of drug-likeness (QED) is 0.526. The first-order valence-electron chi connectivity index (χ1n) is 10.6. The van der Waals surface area contributed by atoms with E-state index in [1.807, 2.05) is 35.2 Å². The molecule has 1 aliphatic heterocycles. The first-order chi connectivity index (χ1) is 14.7. The van der Waals surface area contributed by atoms with E-state index in [0.717, 1.165) is 54.6 Å². The SMILES string of the molecule is O=C1CCCN1CCCNCc1c(OCc2ccccc2F)ccc2ccccc12. The highest BCUT2D eigenvalue weighted by molar-refractivity contribution is 5.87. The van der Waals surface area contributed by atoms with Gasteiger partial charge in [0, 0.05) is 37.2 Å². The standard InChI is InChI=1S/C25H27FN2O2/c26-23-10-4-2-8-20(23)18-30-24-13-12-19-7-1-3-9-21(19)22(24)17-27-14-6-16-28-15-5-11-25(28)29/h1-4,7-10,12-13,27H,5-6,11,14-18H2. The average Bonchev–Trinajstić information content (AvgIpc) is 3.18. The molecule has 1 aliphatic rings. The summed E-state index contributed by atoms with van der Waals surface area (Å²) in [5.74, 6) is 0.779. The summed E-state index contributed by atoms with van der Waals surface area (Å²) in [6.45, 7) is 3.35. The molecule has 0 unspecified atom stereocenters. The Morgan fingerprint density at radius 3 is 2.70 bits per heavy atom. The molecule has 0 aromatic heterocycles. The predicted octanol–water partition coefficient (Wildman–Crippen LogP) is 4.66. The van der Waals surface area contributed by atoms with Gasteiger partial charge in [-0.1, -0.05) is 48.5 Å². The smallest absolute Gasteiger partial charge is 0.222 e. The maximum absolute atomic E-state index is 14.0. The van der Waals surface area contributed by atoms with Gasteiger partial charge in [-0.05, 0) is 42.3 Å². The highest BCUT2D eigenvalue weighted by Crippen LogP contribution is 2.29. The first-order valence-corrected chi connectivity index (χ1v) is 10.6. The van der Waals surface area contributed by atoms with Crippen molar-refractivity contribution in [3.05, 3.63) is 77.6 Å². The van der Waals surface area contributed by atoms with Crippen LogP contribution in [0.25, 0.3) is 10.8 Å². The molecule has 4 rings (SSSR count). The van der Waals surface area contributed by atoms with Gasteiger partial charge in [0.1, 0.15) is 18.2 Å². The van der Waals surface area contributed by atoms with Crippen molar-refractivity contribution < 1.29 is 13.9 Å². The van der Waals surface area contributed by atoms with E-state index in [4.69, 9.17) is 4.74 Å². The van der Waals surface area contributed by atoms with Crippen molar-refractivity contribution in [1.29, 1.82) is 0 Å². The van der Waals surface area contributed by atoms with Crippen molar-refractivity contribution in [2.75, 3.05) is 19.6 Å². The number of nitrogens with one attached hydrogen (secondary N) is 1. The summed E-state index contributed by atoms with van der Waals surface area (Å²) in [6, 6.07) is 18.9. The molecule has 1 N–H and O–H groups in total. The van der Waals surface area contributed by atoms with E-state index < -0.39 is 0 Å². The van der Waals surface area contributed by atoms with Crippen LogP contribution in [0.2, 0.25) is 0 Å². The second-order valence-electron chi connectivity index (χ2n) is 7.66. The number of carbonyl (C=O) groups is 1. The number of amides is 1. The Hall–Kier alpha value is -2.92. The van der Waals surface area contributed by atoms with E-state index in [0.29, 0.717) is 18.5 Å². The van der Waals surface area contributed by atoms with Crippen LogP contribution in [0.15, 0.2) is 60.7 Å². The van der Waals surface area contributed by atoms with E-state index in [-0.39, 0.29) is 18.3 Å². The molecule has 30 heavy (non-hydrogen) atoms. The zero-order chi connectivity index (χ0) is 20.8. The molecule has 0 saturated carbocycles. The molecule has 156 valence electrons. The summed E-state index contributed by atoms with van der Waals surface area (Å²) in [5.41, 5.74) is 1.61. The number of halogens is 1. The summed E-state index contributed by atoms with van der Waals surface area (Å²) in [7, 11) is 0. The van der Waals surface area contributed by atoms with Gasteiger partial charge in [-0.25, -0.2) is 4.39 Å². The second kappa shape index (κ2) is 9.72. The third-order valence-electron chi connectivity index (χ3n) is 5.59. The Morgan fingerprint density at radius 2 is 1.87 bits per heavy atom. The van der Waals surface area contributed by atoms with Crippen LogP contribution in [-0.4, -0.2) is 30.4 Å². The highest BCUT2D eigenvalue weighted by Gasteiger charge is 2.19. The Morgan fingerprint density at radius 1 is 1.03 bits per heavy atom. The lowest BCUT2D eigenvalue weighted by Gasteiger charge is -2.17. The van der Waals surface area contributed by atoms with Gasteiger partial charge in [-0.15, -0.1) is 0 Å². The van der Waals surface area contributed by atoms with Gasteiger partial charge < -0.3 is 15.0 Å². The monoisotopic (exact) mass is 406 g/mol. The molecule has 1 amide bonds. The number of hydrogen-bond acceptors (Lipinski definition) is 3. The molecule has 3 aromatic rings. The largest absolute Gasteiger partial charge is 0.488 e. The molecule has 5 heteroatoms. The van der Waals surface area contributed by atoms with Gasteiger partial charge in [0.2, 0.25) is 5.91 Å². The lowest BCUT2D eigenvalue weighted by Crippen LogP contribution is -2.28. The minimum atomic E-state index is -0.255. The number of ether oxygens (including phenoxy) is 1. The first kappa shape index (κ1) is 20.4. The maximum Gasteiger partial charge on any atom is 0.222 e. The fourth-order valence-electron chi connectivity index (χ4n) is 3.95. The third kappa shape index (κ3) is 4.79. The van der Waals surface area contributed by atoms with Crippen LogP contribution in [0.5, 0.6) is 5.75 Å². The number of likely N-dealkylation sites (tertiary alicyclic amines) is 1. The van der Waals surface area contributed by atoms with Crippen LogP contribution in [0.1, 0.15) is 30.4 Å². The average molecular weight is 407 g/mol. The van der Waals surface area contributed by atoms with Crippen LogP contribution < -0.4 is 10.1 Å². The van der Waals surface area contributed by atoms with E-state index in [2.05, 4.69) is 17.4 Å². The molecule has 0 atom stereocenters. The molecule has 4 nitrogen and oxygen atoms in total. The lowest BCUT2D eigenvalue weighted by molar-refractivity contribution is -0.127. The van der Waals surface area contributed by atoms with Crippen LogP contribution in [-0.2, 0) is 17.9 Å². The topological polar surface area (TPSA) is 41.6 Å². The lowest BCUT2D eigenvalue weighted by atomic mass is 10.0. The molecule has 1 fully saturated rings. The van der Waals surface area contributed by atoms with Gasteiger partial charge in [-0.2, -0.15) is 0 Å². The maximum atomic E-state index is 14.0. The van der Waals surface area contributed by atoms with Crippen molar-refractivity contribution >= 4 is 16.7 Å². The van der Waals surface area contributed by atoms with E-state index in [1.54, 1.807) is 12.1 Å². The number of nitrogens with zero attached hydrogens (tertiary/aromatic N) is 1. The number of rotatable bonds is 9. The van der Waals surface area contributed by atoms with Crippen LogP contribution in [0.3, 0.4) is 0 Å². The summed E-state index contributed by atoms with van der Waals surface area (Å²) >= 11 is 0. The van der Waals surface area contributed by atoms with Crippen molar-refractivity contribution in [3.63, 3.8) is 0 Å². The van der Waals surface area contributed by atoms with Gasteiger partial charge in [0.05, 0.1) is 0 Å². The molecular formula is C25H27FN2O2. The molecular weight excluding hydrogens is 379 g/mol. The van der Waals surface area contributed by atoms with Crippen molar-refractivity contribution in [1.82, 2.24) is 10.2 Å². The molecule has 0 aliphatic carbocycles. The third-order valence-corrected chi connectivity index (χ3v) is 5.59. The van der Waals surface area contributed by atoms with Crippen molar-refractivity contribution in [2.45, 2.75) is 32.4 Å². The van der Waals surface area contributed by atoms with Crippen molar-refractivity contribution in [3.8, 4) is 5.75 Å². The number of carbonyl (C=O) groups excluding carboxylic acids is 1. The molecule has 0 radical (unpaired) electrons. The summed E-state index contributed by atoms with van der Waals surface area (Å²) < 4.78 is 20.0. The predicted molar refractivity (Wildman–Crippen MR) is 117 cm³/mol. The zero-order valence-electron chi connectivity index (χ0n) is 17.1. The van der Waals surface area contributed by atoms with Crippen LogP contribution in [0, 0.1) is 5.82 Å². The second-order valence-corrected chi connectivity index (χ2v) is 7.66. The van der Waals surface area contributed by atoms with Gasteiger partial charge in [0.15, 0.2) is 0 Å². The molecule has 0 spiro atoms. The normalized spacial score (nSPS) is 13.9. The van der Waals surface area contributed by atoms with E-state index in [9.17, 15) is 9.18 Å². The van der Waals surface area contributed by atoms with Crippen LogP contribution >= 0.6 is 0 Å². The Kier molecular flexibility index (Phi) is 6.60. The molecule has 3 aromatic carbocycles. The van der Waals surface area contributed by atoms with Crippen LogP contribution in [0.4, 0.5) is 4.39 Å². The van der Waals surface area contributed by atoms with Crippen molar-refractivity contribution in [2.24, 2.45) is 0 Å². The molecule has 1 saturated heterocycles. The minimum absolute atomic E-state index is 0.190. The summed E-state index contributed by atoms with van der Waals surface area (Å²) in [4.78, 5) is 13.7. The molecule has 1 heterocycles. The number of fused-ring (bicyclic) bond motifs is 1. The summed E-state index contributed by atoms with van der Waals surface area (Å²) in [5, 5.41) is 5.77. The minimum Gasteiger partial charge on any atom is -0.488 e. The summed E-state index contributed by atoms with van der Waals surface area (Å²) in [6.07, 6.45) is 2.58. The Bertz CT molecular complexity index is 1020. The zero-order valence-corrected chi connectivity index (χ0v) is 17.1. The fourth-order valence-corrected chi connectivity index (χ4v) is 3.95. The number of hydrogen-bond donors (Lipinski definition) is 1. The highest BCUT2D eigenvalue weighted by atomic mass is 19.1. The van der Waals surface area contributed by atoms with Gasteiger partial charge >= 0.3 is 0 Å². The Balaban J connectivity index is 1.42. The van der Waals surface area contributed by atoms with E-state index >= 15 is 0 Å². The Labute approximate surface area is 176 Å². The van der Waals surface area contributed by atoms with E-state index in [1.165, 1.54) is 6.07 Å². The fraction of sp³-hybridized carbons (Fsp3) is 0.320. The van der Waals surface area contributed by atoms with Gasteiger partial charge in [0.25, 0.3) is 0 Å². The number of benzene rings is 3. The van der Waals surface area contributed by atoms with Gasteiger partial charge in [-0.3, -0.25) is 4.79 Å².